The van der Waals surface area contributed by atoms with Gasteiger partial charge in [0.2, 0.25) is 0 Å². The van der Waals surface area contributed by atoms with Gasteiger partial charge in [0.05, 0.1) is 12.1 Å². The number of benzene rings is 2. The summed E-state index contributed by atoms with van der Waals surface area (Å²) in [5.74, 6) is 0.224. The predicted molar refractivity (Wildman–Crippen MR) is 127 cm³/mol. The molecule has 0 bridgehead atoms. The van der Waals surface area contributed by atoms with E-state index in [0.717, 1.165) is 22.4 Å². The van der Waals surface area contributed by atoms with Crippen molar-refractivity contribution >= 4 is 28.9 Å². The van der Waals surface area contributed by atoms with Crippen LogP contribution < -0.4 is 15.0 Å². The quantitative estimate of drug-likeness (QED) is 0.512. The SMILES string of the molecule is CCOc1cccc(NC(=O)/C(C#N)=C/c2cc3c(cc2C)N(C)C(C)(C)C=C3C)c1. The van der Waals surface area contributed by atoms with Gasteiger partial charge < -0.3 is 15.0 Å². The van der Waals surface area contributed by atoms with Crippen molar-refractivity contribution in [3.63, 3.8) is 0 Å². The van der Waals surface area contributed by atoms with Gasteiger partial charge in [-0.2, -0.15) is 5.26 Å². The van der Waals surface area contributed by atoms with Crippen molar-refractivity contribution in [2.75, 3.05) is 23.9 Å². The molecule has 2 aromatic rings. The number of rotatable bonds is 5. The van der Waals surface area contributed by atoms with Crippen LogP contribution >= 0.6 is 0 Å². The van der Waals surface area contributed by atoms with Crippen molar-refractivity contribution in [1.29, 1.82) is 5.26 Å². The zero-order valence-corrected chi connectivity index (χ0v) is 19.0. The van der Waals surface area contributed by atoms with Gasteiger partial charge in [0.1, 0.15) is 17.4 Å². The molecule has 5 heteroatoms. The third kappa shape index (κ3) is 4.64. The molecule has 0 aliphatic carbocycles. The van der Waals surface area contributed by atoms with Crippen LogP contribution in [0.5, 0.6) is 5.75 Å². The number of nitrogens with one attached hydrogen (secondary N) is 1. The maximum Gasteiger partial charge on any atom is 0.266 e. The average Bonchev–Trinajstić information content (AvgIpc) is 2.71. The summed E-state index contributed by atoms with van der Waals surface area (Å²) in [4.78, 5) is 15.0. The molecule has 0 spiro atoms. The Morgan fingerprint density at radius 3 is 2.68 bits per heavy atom. The van der Waals surface area contributed by atoms with Crippen molar-refractivity contribution < 1.29 is 9.53 Å². The Morgan fingerprint density at radius 2 is 2.00 bits per heavy atom. The number of hydrogen-bond donors (Lipinski definition) is 1. The highest BCUT2D eigenvalue weighted by atomic mass is 16.5. The van der Waals surface area contributed by atoms with Crippen LogP contribution in [-0.4, -0.2) is 25.1 Å². The summed E-state index contributed by atoms with van der Waals surface area (Å²) in [7, 11) is 2.08. The number of anilines is 2. The highest BCUT2D eigenvalue weighted by molar-refractivity contribution is 6.10. The molecule has 2 aromatic carbocycles. The first-order chi connectivity index (χ1) is 14.7. The number of likely N-dealkylation sites (N-methyl/N-ethyl adjacent to an activating group) is 1. The second-order valence-electron chi connectivity index (χ2n) is 8.35. The molecule has 0 aromatic heterocycles. The molecule has 0 unspecified atom stereocenters. The van der Waals surface area contributed by atoms with Crippen LogP contribution in [0.3, 0.4) is 0 Å². The minimum absolute atomic E-state index is 0.0518. The Balaban J connectivity index is 1.93. The number of allylic oxidation sites excluding steroid dienone is 1. The number of ether oxygens (including phenoxy) is 1. The largest absolute Gasteiger partial charge is 0.494 e. The monoisotopic (exact) mass is 415 g/mol. The molecule has 5 nitrogen and oxygen atoms in total. The maximum atomic E-state index is 12.8. The van der Waals surface area contributed by atoms with E-state index in [0.29, 0.717) is 18.0 Å². The standard InChI is InChI=1S/C26H29N3O2/c1-7-31-22-10-8-9-21(14-22)28-25(30)20(16-27)12-19-13-23-18(3)15-26(4,5)29(6)24(23)11-17(19)2/h8-15H,7H2,1-6H3,(H,28,30)/b20-12+. The van der Waals surface area contributed by atoms with E-state index >= 15 is 0 Å². The number of nitrogens with zero attached hydrogens (tertiary/aromatic N) is 2. The fraction of sp³-hybridized carbons (Fsp3) is 0.308. The van der Waals surface area contributed by atoms with E-state index in [1.54, 1.807) is 24.3 Å². The Labute approximate surface area is 184 Å². The van der Waals surface area contributed by atoms with E-state index in [2.05, 4.69) is 56.2 Å². The fourth-order valence-corrected chi connectivity index (χ4v) is 3.81. The second-order valence-corrected chi connectivity index (χ2v) is 8.35. The van der Waals surface area contributed by atoms with Crippen LogP contribution in [0.15, 0.2) is 48.0 Å². The summed E-state index contributed by atoms with van der Waals surface area (Å²) in [5, 5.41) is 12.4. The predicted octanol–water partition coefficient (Wildman–Crippen LogP) is 5.57. The summed E-state index contributed by atoms with van der Waals surface area (Å²) in [5.41, 5.74) is 5.87. The van der Waals surface area contributed by atoms with Crippen molar-refractivity contribution in [3.8, 4) is 11.8 Å². The van der Waals surface area contributed by atoms with E-state index in [-0.39, 0.29) is 11.1 Å². The molecule has 1 aliphatic heterocycles. The van der Waals surface area contributed by atoms with Gasteiger partial charge in [-0.1, -0.05) is 12.1 Å². The van der Waals surface area contributed by atoms with Crippen LogP contribution in [0.2, 0.25) is 0 Å². The summed E-state index contributed by atoms with van der Waals surface area (Å²) in [6, 6.07) is 13.4. The van der Waals surface area contributed by atoms with Gasteiger partial charge in [-0.05, 0) is 81.7 Å². The number of fused-ring (bicyclic) bond motifs is 1. The molecule has 1 aliphatic rings. The van der Waals surface area contributed by atoms with Gasteiger partial charge in [-0.25, -0.2) is 0 Å². The van der Waals surface area contributed by atoms with Crippen LogP contribution in [0.4, 0.5) is 11.4 Å². The zero-order valence-electron chi connectivity index (χ0n) is 19.0. The lowest BCUT2D eigenvalue weighted by atomic mass is 9.87. The van der Waals surface area contributed by atoms with E-state index in [1.165, 1.54) is 5.57 Å². The molecule has 0 fully saturated rings. The number of aryl methyl sites for hydroxylation is 1. The van der Waals surface area contributed by atoms with Crippen molar-refractivity contribution in [1.82, 2.24) is 0 Å². The zero-order chi connectivity index (χ0) is 22.8. The van der Waals surface area contributed by atoms with Gasteiger partial charge in [0, 0.05) is 30.1 Å². The van der Waals surface area contributed by atoms with E-state index in [4.69, 9.17) is 4.74 Å². The molecule has 1 N–H and O–H groups in total. The summed E-state index contributed by atoms with van der Waals surface area (Å²) < 4.78 is 5.47. The van der Waals surface area contributed by atoms with Crippen molar-refractivity contribution in [2.24, 2.45) is 0 Å². The van der Waals surface area contributed by atoms with Crippen molar-refractivity contribution in [3.05, 3.63) is 64.7 Å². The number of amides is 1. The first-order valence-electron chi connectivity index (χ1n) is 10.4. The minimum Gasteiger partial charge on any atom is -0.494 e. The number of carbonyl (C=O) groups excluding carboxylic acids is 1. The molecule has 1 amide bonds. The lowest BCUT2D eigenvalue weighted by Gasteiger charge is -2.41. The molecule has 0 atom stereocenters. The molecule has 31 heavy (non-hydrogen) atoms. The lowest BCUT2D eigenvalue weighted by molar-refractivity contribution is -0.112. The van der Waals surface area contributed by atoms with Crippen LogP contribution in [-0.2, 0) is 4.79 Å². The molecule has 0 radical (unpaired) electrons. The third-order valence-electron chi connectivity index (χ3n) is 5.67. The van der Waals surface area contributed by atoms with Gasteiger partial charge in [-0.3, -0.25) is 4.79 Å². The molecule has 0 saturated carbocycles. The Morgan fingerprint density at radius 1 is 1.26 bits per heavy atom. The number of hydrogen-bond acceptors (Lipinski definition) is 4. The maximum absolute atomic E-state index is 12.8. The van der Waals surface area contributed by atoms with E-state index in [9.17, 15) is 10.1 Å². The fourth-order valence-electron chi connectivity index (χ4n) is 3.81. The highest BCUT2D eigenvalue weighted by Gasteiger charge is 2.28. The Hall–Kier alpha value is -3.52. The van der Waals surface area contributed by atoms with Crippen LogP contribution in [0.1, 0.15) is 44.4 Å². The van der Waals surface area contributed by atoms with Gasteiger partial charge >= 0.3 is 0 Å². The van der Waals surface area contributed by atoms with Crippen LogP contribution in [0.25, 0.3) is 11.6 Å². The summed E-state index contributed by atoms with van der Waals surface area (Å²) in [6.45, 7) is 10.9. The Kier molecular flexibility index (Phi) is 6.21. The first-order valence-corrected chi connectivity index (χ1v) is 10.4. The summed E-state index contributed by atoms with van der Waals surface area (Å²) in [6.07, 6.45) is 3.89. The van der Waals surface area contributed by atoms with Crippen LogP contribution in [0, 0.1) is 18.3 Å². The van der Waals surface area contributed by atoms with Crippen molar-refractivity contribution in [2.45, 2.75) is 40.2 Å². The smallest absolute Gasteiger partial charge is 0.266 e. The first kappa shape index (κ1) is 22.2. The Bertz CT molecular complexity index is 1120. The van der Waals surface area contributed by atoms with Gasteiger partial charge in [0.25, 0.3) is 5.91 Å². The van der Waals surface area contributed by atoms with E-state index in [1.807, 2.05) is 26.0 Å². The van der Waals surface area contributed by atoms with Gasteiger partial charge in [-0.15, -0.1) is 0 Å². The third-order valence-corrected chi connectivity index (χ3v) is 5.67. The second kappa shape index (κ2) is 8.69. The molecule has 1 heterocycles. The molecular weight excluding hydrogens is 386 g/mol. The van der Waals surface area contributed by atoms with E-state index < -0.39 is 5.91 Å². The lowest BCUT2D eigenvalue weighted by Crippen LogP contribution is -2.42. The molecule has 3 rings (SSSR count). The highest BCUT2D eigenvalue weighted by Crippen LogP contribution is 2.39. The summed E-state index contributed by atoms with van der Waals surface area (Å²) >= 11 is 0. The van der Waals surface area contributed by atoms with Gasteiger partial charge in [0.15, 0.2) is 0 Å². The topological polar surface area (TPSA) is 65.4 Å². The average molecular weight is 416 g/mol. The molecular formula is C26H29N3O2. The molecule has 160 valence electrons. The number of nitriles is 1. The minimum atomic E-state index is -0.446. The molecule has 0 saturated heterocycles. The normalized spacial score (nSPS) is 14.9. The number of carbonyl (C=O) groups is 1.